The Morgan fingerprint density at radius 2 is 0.928 bits per heavy atom. The molecule has 37 heteroatoms. The van der Waals surface area contributed by atoms with E-state index in [4.69, 9.17) is 90.2 Å². The monoisotopic (exact) mass is 1830 g/mol. The maximum atomic E-state index is 14.6. The Hall–Kier alpha value is -3.82. The van der Waals surface area contributed by atoms with Crippen molar-refractivity contribution in [2.24, 2.45) is 35.5 Å². The van der Waals surface area contributed by atoms with Crippen LogP contribution in [0.3, 0.4) is 0 Å². The van der Waals surface area contributed by atoms with E-state index in [1.54, 1.807) is 68.8 Å². The van der Waals surface area contributed by atoms with Gasteiger partial charge in [-0.05, 0) is 204 Å². The maximum Gasteiger partial charge on any atom is 0.509 e. The van der Waals surface area contributed by atoms with Gasteiger partial charge in [0, 0.05) is 88.9 Å². The van der Waals surface area contributed by atoms with Crippen molar-refractivity contribution in [3.8, 4) is 0 Å². The van der Waals surface area contributed by atoms with E-state index >= 15 is 0 Å². The van der Waals surface area contributed by atoms with Gasteiger partial charge in [0.05, 0.1) is 96.8 Å². The van der Waals surface area contributed by atoms with Crippen LogP contribution in [0.1, 0.15) is 197 Å². The van der Waals surface area contributed by atoms with Crippen LogP contribution in [0.25, 0.3) is 0 Å². The van der Waals surface area contributed by atoms with Crippen molar-refractivity contribution in [3.63, 3.8) is 0 Å². The summed E-state index contributed by atoms with van der Waals surface area (Å²) in [5.41, 5.74) is -7.68. The number of nitrogens with zero attached hydrogens (tertiary/aromatic N) is 4. The van der Waals surface area contributed by atoms with Gasteiger partial charge in [-0.15, -0.1) is 0 Å². The fourth-order valence-electron chi connectivity index (χ4n) is 20.1. The van der Waals surface area contributed by atoms with Gasteiger partial charge in [0.1, 0.15) is 49.5 Å². The molecule has 8 heterocycles. The van der Waals surface area contributed by atoms with E-state index in [1.807, 2.05) is 159 Å². The average Bonchev–Trinajstić information content (AvgIpc) is 1.65. The molecule has 0 aromatic carbocycles. The fourth-order valence-corrected chi connectivity index (χ4v) is 22.4. The molecule has 8 aliphatic rings. The van der Waals surface area contributed by atoms with E-state index in [0.29, 0.717) is 45.1 Å². The van der Waals surface area contributed by atoms with Crippen LogP contribution in [0, 0.1) is 35.5 Å². The highest BCUT2D eigenvalue weighted by Gasteiger charge is 2.62. The first-order chi connectivity index (χ1) is 58.0. The first kappa shape index (κ1) is 110. The minimum Gasteiger partial charge on any atom is -0.466 e. The molecule has 0 radical (unpaired) electrons. The lowest BCUT2D eigenvalue weighted by Crippen LogP contribution is -2.61. The molecule has 726 valence electrons. The lowest BCUT2D eigenvalue weighted by molar-refractivity contribution is -0.320. The van der Waals surface area contributed by atoms with Crippen molar-refractivity contribution >= 4 is 51.8 Å². The number of cyclic esters (lactones) is 2. The summed E-state index contributed by atoms with van der Waals surface area (Å²) in [6.45, 7) is 40.9. The smallest absolute Gasteiger partial charge is 0.466 e. The van der Waals surface area contributed by atoms with E-state index in [2.05, 4.69) is 4.74 Å². The van der Waals surface area contributed by atoms with Gasteiger partial charge in [0.2, 0.25) is 7.06 Å². The standard InChI is InChI=1S/C44H76N2O15.C41H72N2O14.C3H10O2P2/c1-16-31-44(10)37(60-41(50)61-44)28(6)46(13)23-24(2)21-42(8,51)36(59-40-34(48)30(45(11)12)20-25(3)55-40)26(4)35(27(5)39(49)57-31)58-33-22-43(9,53-15)38(29(7)56-33)54-19-17-18-32(47)52-14;1-15-29-41(10)34(56-38(47)57-41)26(6)43(13)21-22(2)19-39(8,48)33(55-37-31(45)28(42(11)12)18-23(3)51-37)24(4)32(25(5)36(46)53-29)54-30-20-40(9,49-14)35(27(7)52-30)50-17-16-44;1-3-6-7(2,4)5/h17-18,24-31,33-38,40,48,51H,16,19-23H2,1-15H3;16,22-35,37,45,48H,15,17-21H2,1-14H3;6H,3H2,1-2H3,(H,4,5)/t24-,25-,26+,27-,28-,29+,30+,31-,33?,34-,35+,36-,37+,38+,40+,42-,43-,44-;22-,23-,24+,25-,26-,27+,28+,29-,30?,31-,32+,33-,34+,35+,37+,39-,40-,41-;/m11./s1. The van der Waals surface area contributed by atoms with Gasteiger partial charge in [0.15, 0.2) is 48.6 Å². The summed E-state index contributed by atoms with van der Waals surface area (Å²) < 4.78 is 128. The van der Waals surface area contributed by atoms with Crippen LogP contribution < -0.4 is 0 Å². The summed E-state index contributed by atoms with van der Waals surface area (Å²) in [4.78, 5) is 94.2. The number of carbonyl (C=O) groups is 6. The molecule has 0 aromatic heterocycles. The number of likely N-dealkylation sites (N-methyl/N-ethyl adjacent to an activating group) is 4. The van der Waals surface area contributed by atoms with Crippen LogP contribution >= 0.6 is 15.3 Å². The third-order valence-electron chi connectivity index (χ3n) is 26.9. The summed E-state index contributed by atoms with van der Waals surface area (Å²) in [7, 11) is 13.4. The highest BCUT2D eigenvalue weighted by Crippen LogP contribution is 2.56. The first-order valence-electron chi connectivity index (χ1n) is 44.6. The van der Waals surface area contributed by atoms with Crippen molar-refractivity contribution in [1.29, 1.82) is 0 Å². The Morgan fingerprint density at radius 3 is 1.24 bits per heavy atom. The summed E-state index contributed by atoms with van der Waals surface area (Å²) in [6.07, 6.45) is -11.4. The summed E-state index contributed by atoms with van der Waals surface area (Å²) in [5, 5.41) is 48.7. The zero-order chi connectivity index (χ0) is 94.5. The van der Waals surface area contributed by atoms with Crippen LogP contribution in [0.4, 0.5) is 9.59 Å². The molecule has 8 rings (SSSR count). The van der Waals surface area contributed by atoms with Gasteiger partial charge in [0.25, 0.3) is 0 Å². The Morgan fingerprint density at radius 1 is 0.560 bits per heavy atom. The number of fused-ring (bicyclic) bond motifs is 2. The third kappa shape index (κ3) is 27.9. The summed E-state index contributed by atoms with van der Waals surface area (Å²) >= 11 is 0. The topological polar surface area (TPSA) is 409 Å². The number of ether oxygens (including phenoxy) is 19. The number of hydrogen-bond acceptors (Lipinski definition) is 34. The largest absolute Gasteiger partial charge is 0.509 e. The first-order valence-corrected chi connectivity index (χ1v) is 48.7. The van der Waals surface area contributed by atoms with E-state index in [0.717, 1.165) is 6.16 Å². The van der Waals surface area contributed by atoms with E-state index in [1.165, 1.54) is 19.9 Å². The predicted molar refractivity (Wildman–Crippen MR) is 464 cm³/mol. The van der Waals surface area contributed by atoms with E-state index < -0.39 is 205 Å². The zero-order valence-electron chi connectivity index (χ0n) is 80.3. The number of esters is 3. The molecular weight excluding hydrogens is 1670 g/mol. The molecule has 8 saturated heterocycles. The molecule has 0 bridgehead atoms. The molecule has 0 saturated carbocycles. The quantitative estimate of drug-likeness (QED) is 0.0210. The van der Waals surface area contributed by atoms with Crippen molar-refractivity contribution in [3.05, 3.63) is 12.2 Å². The average molecular weight is 1830 g/mol. The van der Waals surface area contributed by atoms with Gasteiger partial charge in [-0.3, -0.25) is 24.0 Å². The number of methoxy groups -OCH3 is 3. The van der Waals surface area contributed by atoms with Crippen LogP contribution in [0.15, 0.2) is 12.2 Å². The van der Waals surface area contributed by atoms with Crippen LogP contribution in [0.2, 0.25) is 0 Å². The normalized spacial score (nSPS) is 44.4. The molecule has 0 aliphatic carbocycles. The number of aldehydes is 1. The molecule has 38 atom stereocenters. The van der Waals surface area contributed by atoms with Gasteiger partial charge in [-0.2, -0.15) is 0 Å². The van der Waals surface area contributed by atoms with E-state index in [-0.39, 0.29) is 95.4 Å². The Labute approximate surface area is 744 Å². The Balaban J connectivity index is 0.000000359. The number of hydrogen-bond donors (Lipinski definition) is 5. The third-order valence-corrected chi connectivity index (χ3v) is 30.5. The van der Waals surface area contributed by atoms with Gasteiger partial charge >= 0.3 is 30.2 Å². The second-order valence-electron chi connectivity index (χ2n) is 38.2. The summed E-state index contributed by atoms with van der Waals surface area (Å²) in [5.74, 6) is -5.57. The molecular formula is C88H158N4O31P2. The molecule has 0 spiro atoms. The molecule has 8 fully saturated rings. The van der Waals surface area contributed by atoms with Crippen molar-refractivity contribution in [2.45, 2.75) is 377 Å². The Kier molecular flexibility index (Phi) is 41.1. The van der Waals surface area contributed by atoms with Gasteiger partial charge in [-0.1, -0.05) is 54.5 Å². The Bertz CT molecular complexity index is 3490. The number of rotatable bonds is 23. The molecule has 35 nitrogen and oxygen atoms in total. The second-order valence-corrected chi connectivity index (χ2v) is 44.5. The highest BCUT2D eigenvalue weighted by atomic mass is 32.1. The molecule has 0 amide bonds. The van der Waals surface area contributed by atoms with Crippen LogP contribution in [0.5, 0.6) is 0 Å². The zero-order valence-corrected chi connectivity index (χ0v) is 82.2. The van der Waals surface area contributed by atoms with Crippen molar-refractivity contribution < 1.29 is 149 Å². The molecule has 8 aliphatic heterocycles. The number of aliphatic hydroxyl groups excluding tert-OH is 2. The van der Waals surface area contributed by atoms with Crippen LogP contribution in [-0.4, -0.2) is 365 Å². The number of aliphatic hydroxyl groups is 4. The fraction of sp³-hybridized carbons (Fsp3) is 0.909. The summed E-state index contributed by atoms with van der Waals surface area (Å²) in [6, 6.07) is -1.29. The maximum absolute atomic E-state index is 14.6. The van der Waals surface area contributed by atoms with Crippen LogP contribution in [-0.2, 0) is 114 Å². The van der Waals surface area contributed by atoms with Crippen molar-refractivity contribution in [1.82, 2.24) is 19.6 Å². The van der Waals surface area contributed by atoms with E-state index in [9.17, 15) is 53.8 Å². The predicted octanol–water partition coefficient (Wildman–Crippen LogP) is 8.64. The molecule has 0 aromatic rings. The number of carbonyl (C=O) groups excluding carboxylic acids is 6. The minimum absolute atomic E-state index is 0.0860. The SMILES string of the molecule is CCPP(C)(=O)O.CC[C@H]1OC(=O)[C@H](C)[C@@H](OC2C[C@@](C)(OC)[C@@H](OCC=CC(=O)OC)[C@H](C)O2)[C@H](C)[C@@H](O[C@@H]2O[C@H](C)C[C@H](N(C)C)[C@H]2O)[C@](C)(O)C[C@@H](C)CN(C)[C@H](C)[C@@H]2OC(=O)O[C@]12C.CC[C@H]1OC(=O)[C@H](C)[C@@H](OC2C[C@@](C)(OC)[C@@H](OCC=O)[C@H](C)O2)[C@H](C)[C@@H](O[C@@H]2O[C@H](C)C[C@H](N(C)C)[C@H]2O)[C@](C)(O)C[C@@H](C)CN(C)[C@H](C)[C@@H]2OC(=O)O[C@]12C. The highest BCUT2D eigenvalue weighted by molar-refractivity contribution is 8.21. The van der Waals surface area contributed by atoms with Gasteiger partial charge in [-0.25, -0.2) is 14.4 Å². The minimum atomic E-state index is -2.64. The van der Waals surface area contributed by atoms with Crippen molar-refractivity contribution in [2.75, 3.05) is 103 Å². The van der Waals surface area contributed by atoms with Gasteiger partial charge < -0.3 is 130 Å². The molecule has 125 heavy (non-hydrogen) atoms. The lowest BCUT2D eigenvalue weighted by Gasteiger charge is -2.49. The molecule has 5 N–H and O–H groups in total. The molecule has 4 unspecified atom stereocenters. The second kappa shape index (κ2) is 46.7. The lowest BCUT2D eigenvalue weighted by atomic mass is 9.77.